The van der Waals surface area contributed by atoms with E-state index in [-0.39, 0.29) is 5.91 Å². The minimum absolute atomic E-state index is 0.104. The summed E-state index contributed by atoms with van der Waals surface area (Å²) >= 11 is 3.03. The number of amides is 1. The van der Waals surface area contributed by atoms with Crippen molar-refractivity contribution in [1.29, 1.82) is 0 Å². The zero-order valence-corrected chi connectivity index (χ0v) is 13.1. The summed E-state index contributed by atoms with van der Waals surface area (Å²) in [6.07, 6.45) is 2.67. The second-order valence-corrected chi connectivity index (χ2v) is 6.66. The van der Waals surface area contributed by atoms with E-state index in [1.165, 1.54) is 33.8 Å². The van der Waals surface area contributed by atoms with Crippen LogP contribution < -0.4 is 5.32 Å². The molecule has 0 saturated heterocycles. The maximum Gasteiger partial charge on any atom is 0.258 e. The van der Waals surface area contributed by atoms with Gasteiger partial charge >= 0.3 is 0 Å². The van der Waals surface area contributed by atoms with E-state index >= 15 is 0 Å². The van der Waals surface area contributed by atoms with E-state index in [0.717, 1.165) is 11.3 Å². The molecule has 0 fully saturated rings. The first-order valence-corrected chi connectivity index (χ1v) is 8.30. The van der Waals surface area contributed by atoms with Crippen molar-refractivity contribution in [3.05, 3.63) is 68.9 Å². The molecule has 0 aliphatic rings. The van der Waals surface area contributed by atoms with Gasteiger partial charge in [-0.05, 0) is 23.9 Å². The number of aryl methyl sites for hydroxylation is 1. The number of benzene rings is 1. The molecule has 0 bridgehead atoms. The van der Waals surface area contributed by atoms with Gasteiger partial charge in [-0.15, -0.1) is 11.3 Å². The van der Waals surface area contributed by atoms with Crippen LogP contribution in [0.4, 0.5) is 5.13 Å². The summed E-state index contributed by atoms with van der Waals surface area (Å²) in [5, 5.41) is 7.20. The summed E-state index contributed by atoms with van der Waals surface area (Å²) in [5.74, 6) is -0.104. The fourth-order valence-electron chi connectivity index (χ4n) is 1.92. The maximum atomic E-state index is 11.9. The highest BCUT2D eigenvalue weighted by atomic mass is 32.1. The molecule has 0 saturated carbocycles. The number of anilines is 1. The van der Waals surface area contributed by atoms with Crippen LogP contribution >= 0.6 is 22.7 Å². The Labute approximate surface area is 131 Å². The lowest BCUT2D eigenvalue weighted by molar-refractivity contribution is 0.102. The predicted molar refractivity (Wildman–Crippen MR) is 88.4 cm³/mol. The van der Waals surface area contributed by atoms with Crippen molar-refractivity contribution in [2.45, 2.75) is 13.3 Å². The molecule has 1 aromatic carbocycles. The lowest BCUT2D eigenvalue weighted by atomic mass is 10.1. The van der Waals surface area contributed by atoms with Gasteiger partial charge in [-0.25, -0.2) is 4.98 Å². The Kier molecular flexibility index (Phi) is 4.13. The van der Waals surface area contributed by atoms with Crippen LogP contribution in [0.1, 0.15) is 26.4 Å². The summed E-state index contributed by atoms with van der Waals surface area (Å²) < 4.78 is 0. The molecule has 5 heteroatoms. The number of hydrogen-bond donors (Lipinski definition) is 1. The molecule has 2 aromatic heterocycles. The molecular weight excluding hydrogens is 300 g/mol. The van der Waals surface area contributed by atoms with Crippen molar-refractivity contribution in [2.24, 2.45) is 0 Å². The summed E-state index contributed by atoms with van der Waals surface area (Å²) in [4.78, 5) is 17.4. The molecule has 21 heavy (non-hydrogen) atoms. The highest BCUT2D eigenvalue weighted by Crippen LogP contribution is 2.22. The second kappa shape index (κ2) is 6.20. The molecule has 0 aliphatic carbocycles. The number of nitrogens with one attached hydrogen (secondary N) is 1. The zero-order chi connectivity index (χ0) is 14.7. The van der Waals surface area contributed by atoms with Gasteiger partial charge in [0.2, 0.25) is 0 Å². The quantitative estimate of drug-likeness (QED) is 0.777. The number of thiophene rings is 1. The first-order chi connectivity index (χ1) is 10.2. The zero-order valence-electron chi connectivity index (χ0n) is 11.5. The number of nitrogens with zero attached hydrogens (tertiary/aromatic N) is 1. The highest BCUT2D eigenvalue weighted by Gasteiger charge is 2.09. The standard InChI is InChI=1S/C16H14N2OS2/c1-11-2-4-12(5-3-11)8-14-9-17-16(21-14)18-15(19)13-6-7-20-10-13/h2-7,9-10H,8H2,1H3,(H,17,18,19). The van der Waals surface area contributed by atoms with Crippen LogP contribution in [0.3, 0.4) is 0 Å². The SMILES string of the molecule is Cc1ccc(Cc2cnc(NC(=O)c3ccsc3)s2)cc1. The van der Waals surface area contributed by atoms with Crippen molar-refractivity contribution < 1.29 is 4.79 Å². The van der Waals surface area contributed by atoms with Gasteiger partial charge < -0.3 is 0 Å². The Morgan fingerprint density at radius 3 is 2.76 bits per heavy atom. The van der Waals surface area contributed by atoms with Gasteiger partial charge in [0.15, 0.2) is 5.13 Å². The van der Waals surface area contributed by atoms with Gasteiger partial charge in [-0.3, -0.25) is 10.1 Å². The molecule has 0 aliphatic heterocycles. The van der Waals surface area contributed by atoms with Crippen molar-refractivity contribution in [1.82, 2.24) is 4.98 Å². The number of thiazole rings is 1. The van der Waals surface area contributed by atoms with Gasteiger partial charge in [-0.2, -0.15) is 11.3 Å². The van der Waals surface area contributed by atoms with Crippen LogP contribution in [-0.4, -0.2) is 10.9 Å². The first-order valence-electron chi connectivity index (χ1n) is 6.54. The molecule has 3 rings (SSSR count). The summed E-state index contributed by atoms with van der Waals surface area (Å²) in [6, 6.07) is 10.3. The van der Waals surface area contributed by atoms with E-state index < -0.39 is 0 Å². The molecule has 3 nitrogen and oxygen atoms in total. The Morgan fingerprint density at radius 2 is 2.05 bits per heavy atom. The monoisotopic (exact) mass is 314 g/mol. The average molecular weight is 314 g/mol. The van der Waals surface area contributed by atoms with Gasteiger partial charge in [0.25, 0.3) is 5.91 Å². The highest BCUT2D eigenvalue weighted by molar-refractivity contribution is 7.15. The maximum absolute atomic E-state index is 11.9. The number of aromatic nitrogens is 1. The summed E-state index contributed by atoms with van der Waals surface area (Å²) in [5.41, 5.74) is 3.18. The third kappa shape index (κ3) is 3.56. The number of rotatable bonds is 4. The topological polar surface area (TPSA) is 42.0 Å². The minimum atomic E-state index is -0.104. The summed E-state index contributed by atoms with van der Waals surface area (Å²) in [6.45, 7) is 2.08. The Bertz CT molecular complexity index is 730. The largest absolute Gasteiger partial charge is 0.298 e. The molecule has 1 amide bonds. The van der Waals surface area contributed by atoms with Gasteiger partial charge in [0, 0.05) is 22.9 Å². The lowest BCUT2D eigenvalue weighted by Crippen LogP contribution is -2.10. The molecule has 3 aromatic rings. The normalized spacial score (nSPS) is 10.5. The van der Waals surface area contributed by atoms with Gasteiger partial charge in [0.1, 0.15) is 0 Å². The predicted octanol–water partition coefficient (Wildman–Crippen LogP) is 4.36. The first kappa shape index (κ1) is 14.0. The smallest absolute Gasteiger partial charge is 0.258 e. The van der Waals surface area contributed by atoms with Crippen LogP contribution in [-0.2, 0) is 6.42 Å². The van der Waals surface area contributed by atoms with Crippen LogP contribution in [0.15, 0.2) is 47.3 Å². The van der Waals surface area contributed by atoms with Gasteiger partial charge in [0.05, 0.1) is 5.56 Å². The number of carbonyl (C=O) groups excluding carboxylic acids is 1. The lowest BCUT2D eigenvalue weighted by Gasteiger charge is -1.99. The van der Waals surface area contributed by atoms with Crippen LogP contribution in [0.25, 0.3) is 0 Å². The van der Waals surface area contributed by atoms with Crippen molar-refractivity contribution in [3.8, 4) is 0 Å². The Morgan fingerprint density at radius 1 is 1.24 bits per heavy atom. The molecule has 0 unspecified atom stereocenters. The van der Waals surface area contributed by atoms with E-state index in [0.29, 0.717) is 10.7 Å². The van der Waals surface area contributed by atoms with E-state index in [2.05, 4.69) is 41.5 Å². The third-order valence-corrected chi connectivity index (χ3v) is 4.65. The third-order valence-electron chi connectivity index (χ3n) is 3.06. The number of carbonyl (C=O) groups is 1. The van der Waals surface area contributed by atoms with Crippen molar-refractivity contribution in [2.75, 3.05) is 5.32 Å². The molecule has 1 N–H and O–H groups in total. The van der Waals surface area contributed by atoms with E-state index in [1.54, 1.807) is 6.07 Å². The van der Waals surface area contributed by atoms with Crippen molar-refractivity contribution in [3.63, 3.8) is 0 Å². The van der Waals surface area contributed by atoms with Crippen molar-refractivity contribution >= 4 is 33.7 Å². The molecule has 106 valence electrons. The summed E-state index contributed by atoms with van der Waals surface area (Å²) in [7, 11) is 0. The molecule has 0 spiro atoms. The number of hydrogen-bond acceptors (Lipinski definition) is 4. The average Bonchev–Trinajstić information content (AvgIpc) is 3.13. The van der Waals surface area contributed by atoms with Crippen LogP contribution in [0.5, 0.6) is 0 Å². The molecule has 0 radical (unpaired) electrons. The van der Waals surface area contributed by atoms with E-state index in [4.69, 9.17) is 0 Å². The van der Waals surface area contributed by atoms with E-state index in [9.17, 15) is 4.79 Å². The molecule has 0 atom stereocenters. The molecule has 2 heterocycles. The fraction of sp³-hybridized carbons (Fsp3) is 0.125. The van der Waals surface area contributed by atoms with Crippen LogP contribution in [0, 0.1) is 6.92 Å². The minimum Gasteiger partial charge on any atom is -0.298 e. The fourth-order valence-corrected chi connectivity index (χ4v) is 3.39. The molecular formula is C16H14N2OS2. The van der Waals surface area contributed by atoms with Crippen LogP contribution in [0.2, 0.25) is 0 Å². The van der Waals surface area contributed by atoms with E-state index in [1.807, 2.05) is 17.0 Å². The second-order valence-electron chi connectivity index (χ2n) is 4.76. The van der Waals surface area contributed by atoms with Gasteiger partial charge in [-0.1, -0.05) is 29.8 Å². The Balaban J connectivity index is 1.66. The Hall–Kier alpha value is -1.98.